The van der Waals surface area contributed by atoms with E-state index in [0.29, 0.717) is 5.56 Å². The van der Waals surface area contributed by atoms with Crippen LogP contribution in [0.3, 0.4) is 0 Å². The number of amides is 1. The topological polar surface area (TPSA) is 66.9 Å². The van der Waals surface area contributed by atoms with Crippen molar-refractivity contribution >= 4 is 39.0 Å². The van der Waals surface area contributed by atoms with Crippen LogP contribution in [-0.2, 0) is 0 Å². The van der Waals surface area contributed by atoms with Crippen LogP contribution in [-0.4, -0.2) is 15.9 Å². The molecular weight excluding hydrogens is 368 g/mol. The zero-order valence-corrected chi connectivity index (χ0v) is 14.5. The van der Waals surface area contributed by atoms with Gasteiger partial charge in [-0.15, -0.1) is 0 Å². The molecule has 0 spiro atoms. The first kappa shape index (κ1) is 16.1. The molecule has 24 heavy (non-hydrogen) atoms. The van der Waals surface area contributed by atoms with E-state index in [4.69, 9.17) is 0 Å². The summed E-state index contributed by atoms with van der Waals surface area (Å²) in [4.78, 5) is 20.4. The smallest absolute Gasteiger partial charge is 0.255 e. The third-order valence-electron chi connectivity index (χ3n) is 3.33. The number of carbonyl (C=O) groups is 1. The lowest BCUT2D eigenvalue weighted by atomic mass is 10.2. The van der Waals surface area contributed by atoms with E-state index in [1.807, 2.05) is 49.4 Å². The average Bonchev–Trinajstić information content (AvgIpc) is 2.57. The highest BCUT2D eigenvalue weighted by Crippen LogP contribution is 2.18. The predicted molar refractivity (Wildman–Crippen MR) is 98.6 cm³/mol. The molecule has 0 fully saturated rings. The molecule has 0 unspecified atom stereocenters. The highest BCUT2D eigenvalue weighted by atomic mass is 79.9. The molecule has 2 aromatic carbocycles. The lowest BCUT2D eigenvalue weighted by Crippen LogP contribution is -2.11. The first-order valence-corrected chi connectivity index (χ1v) is 8.12. The molecule has 6 heteroatoms. The first-order valence-electron chi connectivity index (χ1n) is 7.33. The van der Waals surface area contributed by atoms with Gasteiger partial charge in [-0.05, 0) is 55.5 Å². The monoisotopic (exact) mass is 382 g/mol. The number of carbonyl (C=O) groups excluding carboxylic acids is 1. The van der Waals surface area contributed by atoms with Crippen LogP contribution in [0.2, 0.25) is 0 Å². The molecule has 0 aliphatic carbocycles. The van der Waals surface area contributed by atoms with E-state index in [0.717, 1.165) is 27.4 Å². The van der Waals surface area contributed by atoms with Gasteiger partial charge in [0.15, 0.2) is 0 Å². The Morgan fingerprint density at radius 3 is 2.29 bits per heavy atom. The Labute approximate surface area is 148 Å². The van der Waals surface area contributed by atoms with Crippen molar-refractivity contribution in [3.63, 3.8) is 0 Å². The third-order valence-corrected chi connectivity index (χ3v) is 3.85. The molecule has 120 valence electrons. The number of halogens is 1. The van der Waals surface area contributed by atoms with E-state index in [-0.39, 0.29) is 5.91 Å². The number of hydrogen-bond donors (Lipinski definition) is 2. The predicted octanol–water partition coefficient (Wildman–Crippen LogP) is 4.54. The second-order valence-electron chi connectivity index (χ2n) is 5.21. The zero-order valence-electron chi connectivity index (χ0n) is 13.0. The number of rotatable bonds is 4. The Balaban J connectivity index is 1.66. The van der Waals surface area contributed by atoms with Crippen molar-refractivity contribution in [1.29, 1.82) is 0 Å². The minimum absolute atomic E-state index is 0.144. The summed E-state index contributed by atoms with van der Waals surface area (Å²) < 4.78 is 0.939. The third kappa shape index (κ3) is 4.17. The summed E-state index contributed by atoms with van der Waals surface area (Å²) in [5.74, 6) is 0.587. The molecular formula is C18H15BrN4O. The van der Waals surface area contributed by atoms with Crippen LogP contribution in [0, 0.1) is 6.92 Å². The molecule has 0 bridgehead atoms. The summed E-state index contributed by atoms with van der Waals surface area (Å²) in [6, 6.07) is 16.5. The number of benzene rings is 2. The molecule has 0 saturated carbocycles. The van der Waals surface area contributed by atoms with Crippen LogP contribution in [0.25, 0.3) is 0 Å². The van der Waals surface area contributed by atoms with Crippen LogP contribution in [0.5, 0.6) is 0 Å². The summed E-state index contributed by atoms with van der Waals surface area (Å²) in [6.07, 6.45) is 1.52. The molecule has 1 heterocycles. The van der Waals surface area contributed by atoms with Gasteiger partial charge in [0.2, 0.25) is 0 Å². The number of nitrogens with one attached hydrogen (secondary N) is 2. The zero-order chi connectivity index (χ0) is 16.9. The van der Waals surface area contributed by atoms with Crippen molar-refractivity contribution in [2.75, 3.05) is 10.6 Å². The maximum Gasteiger partial charge on any atom is 0.255 e. The standard InChI is InChI=1S/C18H15BrN4O/c1-12-10-17(21-11-20-12)22-15-6-8-16(9-7-15)23-18(24)13-2-4-14(19)5-3-13/h2-11H,1H3,(H,23,24)(H,20,21,22). The van der Waals surface area contributed by atoms with Crippen molar-refractivity contribution in [2.45, 2.75) is 6.92 Å². The van der Waals surface area contributed by atoms with Gasteiger partial charge in [-0.1, -0.05) is 15.9 Å². The fourth-order valence-corrected chi connectivity index (χ4v) is 2.38. The van der Waals surface area contributed by atoms with Crippen LogP contribution in [0.4, 0.5) is 17.2 Å². The highest BCUT2D eigenvalue weighted by molar-refractivity contribution is 9.10. The van der Waals surface area contributed by atoms with Crippen molar-refractivity contribution in [1.82, 2.24) is 9.97 Å². The molecule has 0 aliphatic heterocycles. The molecule has 0 atom stereocenters. The Hall–Kier alpha value is -2.73. The second-order valence-corrected chi connectivity index (χ2v) is 6.12. The fraction of sp³-hybridized carbons (Fsp3) is 0.0556. The number of nitrogens with zero attached hydrogens (tertiary/aromatic N) is 2. The Kier molecular flexibility index (Phi) is 4.86. The molecule has 5 nitrogen and oxygen atoms in total. The maximum absolute atomic E-state index is 12.2. The number of aryl methyl sites for hydroxylation is 1. The lowest BCUT2D eigenvalue weighted by molar-refractivity contribution is 0.102. The quantitative estimate of drug-likeness (QED) is 0.694. The molecule has 3 aromatic rings. The van der Waals surface area contributed by atoms with Crippen molar-refractivity contribution in [3.05, 3.63) is 76.7 Å². The van der Waals surface area contributed by atoms with Crippen LogP contribution >= 0.6 is 15.9 Å². The highest BCUT2D eigenvalue weighted by Gasteiger charge is 2.06. The van der Waals surface area contributed by atoms with Gasteiger partial charge < -0.3 is 10.6 Å². The molecule has 2 N–H and O–H groups in total. The Morgan fingerprint density at radius 2 is 1.62 bits per heavy atom. The maximum atomic E-state index is 12.2. The van der Waals surface area contributed by atoms with Gasteiger partial charge >= 0.3 is 0 Å². The molecule has 0 saturated heterocycles. The minimum Gasteiger partial charge on any atom is -0.340 e. The molecule has 0 radical (unpaired) electrons. The normalized spacial score (nSPS) is 10.2. The first-order chi connectivity index (χ1) is 11.6. The number of anilines is 3. The van der Waals surface area contributed by atoms with E-state index >= 15 is 0 Å². The SMILES string of the molecule is Cc1cc(Nc2ccc(NC(=O)c3ccc(Br)cc3)cc2)ncn1. The van der Waals surface area contributed by atoms with E-state index in [2.05, 4.69) is 36.5 Å². The Bertz CT molecular complexity index is 848. The Morgan fingerprint density at radius 1 is 0.958 bits per heavy atom. The summed E-state index contributed by atoms with van der Waals surface area (Å²) in [6.45, 7) is 1.91. The summed E-state index contributed by atoms with van der Waals surface area (Å²) in [7, 11) is 0. The van der Waals surface area contributed by atoms with Gasteiger partial charge in [0.25, 0.3) is 5.91 Å². The largest absolute Gasteiger partial charge is 0.340 e. The van der Waals surface area contributed by atoms with Crippen LogP contribution in [0.15, 0.2) is 65.4 Å². The number of aromatic nitrogens is 2. The summed E-state index contributed by atoms with van der Waals surface area (Å²) in [5.41, 5.74) is 3.12. The van der Waals surface area contributed by atoms with Gasteiger partial charge in [-0.25, -0.2) is 9.97 Å². The van der Waals surface area contributed by atoms with Gasteiger partial charge in [-0.3, -0.25) is 4.79 Å². The van der Waals surface area contributed by atoms with E-state index in [9.17, 15) is 4.79 Å². The van der Waals surface area contributed by atoms with Crippen molar-refractivity contribution in [3.8, 4) is 0 Å². The molecule has 0 aliphatic rings. The minimum atomic E-state index is -0.144. The van der Waals surface area contributed by atoms with Crippen molar-refractivity contribution < 1.29 is 4.79 Å². The summed E-state index contributed by atoms with van der Waals surface area (Å²) in [5, 5.41) is 6.06. The average molecular weight is 383 g/mol. The van der Waals surface area contributed by atoms with Gasteiger partial charge in [-0.2, -0.15) is 0 Å². The lowest BCUT2D eigenvalue weighted by Gasteiger charge is -2.08. The van der Waals surface area contributed by atoms with Crippen molar-refractivity contribution in [2.24, 2.45) is 0 Å². The van der Waals surface area contributed by atoms with E-state index in [1.165, 1.54) is 6.33 Å². The van der Waals surface area contributed by atoms with Gasteiger partial charge in [0, 0.05) is 33.2 Å². The second kappa shape index (κ2) is 7.23. The molecule has 1 amide bonds. The fourth-order valence-electron chi connectivity index (χ4n) is 2.11. The van der Waals surface area contributed by atoms with Crippen LogP contribution in [0.1, 0.15) is 16.1 Å². The van der Waals surface area contributed by atoms with E-state index < -0.39 is 0 Å². The molecule has 1 aromatic heterocycles. The van der Waals surface area contributed by atoms with Gasteiger partial charge in [0.05, 0.1) is 0 Å². The summed E-state index contributed by atoms with van der Waals surface area (Å²) >= 11 is 3.35. The van der Waals surface area contributed by atoms with Gasteiger partial charge in [0.1, 0.15) is 12.1 Å². The van der Waals surface area contributed by atoms with E-state index in [1.54, 1.807) is 12.1 Å². The molecule has 3 rings (SSSR count). The van der Waals surface area contributed by atoms with Crippen LogP contribution < -0.4 is 10.6 Å². The number of hydrogen-bond acceptors (Lipinski definition) is 4.